The first kappa shape index (κ1) is 9.99. The molecule has 2 nitrogen and oxygen atoms in total. The third-order valence-electron chi connectivity index (χ3n) is 2.60. The smallest absolute Gasteiger partial charge is 0.0448 e. The maximum atomic E-state index is 8.79. The standard InChI is InChI=1S/C11H14BrNO/c12-10-3-1-4-11-9(10)5-7-13(11)6-2-8-14/h3,5,7,14H,1-2,4,6,8H2. The predicted molar refractivity (Wildman–Crippen MR) is 61.4 cm³/mol. The van der Waals surface area contributed by atoms with Crippen LogP contribution >= 0.6 is 15.9 Å². The number of fused-ring (bicyclic) bond motifs is 1. The van der Waals surface area contributed by atoms with E-state index in [1.54, 1.807) is 0 Å². The molecule has 14 heavy (non-hydrogen) atoms. The van der Waals surface area contributed by atoms with Crippen LogP contribution in [0.5, 0.6) is 0 Å². The van der Waals surface area contributed by atoms with Crippen molar-refractivity contribution in [2.75, 3.05) is 6.61 Å². The molecule has 3 heteroatoms. The lowest BCUT2D eigenvalue weighted by atomic mass is 10.1. The van der Waals surface area contributed by atoms with Gasteiger partial charge in [-0.3, -0.25) is 0 Å². The average molecular weight is 256 g/mol. The largest absolute Gasteiger partial charge is 0.396 e. The van der Waals surface area contributed by atoms with Gasteiger partial charge in [-0.15, -0.1) is 0 Å². The van der Waals surface area contributed by atoms with Gasteiger partial charge in [0.15, 0.2) is 0 Å². The molecule has 0 spiro atoms. The van der Waals surface area contributed by atoms with Gasteiger partial charge in [0.25, 0.3) is 0 Å². The third-order valence-corrected chi connectivity index (χ3v) is 3.35. The molecule has 0 bridgehead atoms. The van der Waals surface area contributed by atoms with E-state index < -0.39 is 0 Å². The lowest BCUT2D eigenvalue weighted by molar-refractivity contribution is 0.279. The van der Waals surface area contributed by atoms with Crippen LogP contribution in [0.25, 0.3) is 4.48 Å². The Morgan fingerprint density at radius 1 is 1.50 bits per heavy atom. The fraction of sp³-hybridized carbons (Fsp3) is 0.455. The van der Waals surface area contributed by atoms with Crippen LogP contribution < -0.4 is 0 Å². The number of rotatable bonds is 3. The molecule has 1 aromatic heterocycles. The minimum absolute atomic E-state index is 0.268. The van der Waals surface area contributed by atoms with Gasteiger partial charge in [0.05, 0.1) is 0 Å². The van der Waals surface area contributed by atoms with Crippen LogP contribution in [-0.2, 0) is 13.0 Å². The summed E-state index contributed by atoms with van der Waals surface area (Å²) in [5, 5.41) is 8.79. The van der Waals surface area contributed by atoms with Gasteiger partial charge in [0.2, 0.25) is 0 Å². The van der Waals surface area contributed by atoms with E-state index in [9.17, 15) is 0 Å². The quantitative estimate of drug-likeness (QED) is 0.883. The van der Waals surface area contributed by atoms with Crippen molar-refractivity contribution in [2.24, 2.45) is 0 Å². The molecule has 0 radical (unpaired) electrons. The van der Waals surface area contributed by atoms with Gasteiger partial charge in [-0.2, -0.15) is 0 Å². The van der Waals surface area contributed by atoms with Crippen molar-refractivity contribution in [3.63, 3.8) is 0 Å². The van der Waals surface area contributed by atoms with E-state index in [-0.39, 0.29) is 6.61 Å². The molecule has 0 atom stereocenters. The number of aliphatic hydroxyl groups excluding tert-OH is 1. The fourth-order valence-corrected chi connectivity index (χ4v) is 2.49. The number of allylic oxidation sites excluding steroid dienone is 1. The maximum absolute atomic E-state index is 8.79. The van der Waals surface area contributed by atoms with Crippen LogP contribution in [0, 0.1) is 0 Å². The lowest BCUT2D eigenvalue weighted by Gasteiger charge is -2.13. The first-order valence-corrected chi connectivity index (χ1v) is 5.77. The van der Waals surface area contributed by atoms with Crippen LogP contribution in [0.3, 0.4) is 0 Å². The van der Waals surface area contributed by atoms with Crippen molar-refractivity contribution in [1.82, 2.24) is 4.57 Å². The van der Waals surface area contributed by atoms with Gasteiger partial charge in [-0.25, -0.2) is 0 Å². The number of aromatic nitrogens is 1. The molecule has 0 unspecified atom stereocenters. The number of hydrogen-bond donors (Lipinski definition) is 1. The highest BCUT2D eigenvalue weighted by Crippen LogP contribution is 2.31. The first-order chi connectivity index (χ1) is 6.83. The molecule has 2 rings (SSSR count). The summed E-state index contributed by atoms with van der Waals surface area (Å²) in [6, 6.07) is 2.15. The molecule has 0 fully saturated rings. The zero-order valence-corrected chi connectivity index (χ0v) is 9.63. The minimum atomic E-state index is 0.268. The van der Waals surface area contributed by atoms with Crippen LogP contribution in [0.1, 0.15) is 24.1 Å². The number of hydrogen-bond acceptors (Lipinski definition) is 1. The van der Waals surface area contributed by atoms with E-state index in [1.807, 2.05) is 0 Å². The van der Waals surface area contributed by atoms with E-state index in [0.29, 0.717) is 0 Å². The highest BCUT2D eigenvalue weighted by atomic mass is 79.9. The Labute approximate surface area is 92.4 Å². The van der Waals surface area contributed by atoms with Crippen LogP contribution in [0.2, 0.25) is 0 Å². The summed E-state index contributed by atoms with van der Waals surface area (Å²) in [5.41, 5.74) is 2.71. The minimum Gasteiger partial charge on any atom is -0.396 e. The van der Waals surface area contributed by atoms with Gasteiger partial charge in [-0.1, -0.05) is 22.0 Å². The van der Waals surface area contributed by atoms with Gasteiger partial charge < -0.3 is 9.67 Å². The molecule has 0 aliphatic heterocycles. The van der Waals surface area contributed by atoms with E-state index in [4.69, 9.17) is 5.11 Å². The number of aryl methyl sites for hydroxylation is 1. The maximum Gasteiger partial charge on any atom is 0.0448 e. The van der Waals surface area contributed by atoms with Gasteiger partial charge in [0, 0.05) is 35.1 Å². The average Bonchev–Trinajstić information content (AvgIpc) is 2.60. The summed E-state index contributed by atoms with van der Waals surface area (Å²) in [5.74, 6) is 0. The zero-order chi connectivity index (χ0) is 9.97. The van der Waals surface area contributed by atoms with Crippen molar-refractivity contribution in [3.8, 4) is 0 Å². The number of halogens is 1. The molecule has 1 aliphatic rings. The monoisotopic (exact) mass is 255 g/mol. The molecular weight excluding hydrogens is 242 g/mol. The Morgan fingerprint density at radius 3 is 3.14 bits per heavy atom. The van der Waals surface area contributed by atoms with Crippen LogP contribution in [0.4, 0.5) is 0 Å². The van der Waals surface area contributed by atoms with Gasteiger partial charge in [-0.05, 0) is 25.3 Å². The van der Waals surface area contributed by atoms with Gasteiger partial charge >= 0.3 is 0 Å². The molecular formula is C11H14BrNO. The Hall–Kier alpha value is -0.540. The summed E-state index contributed by atoms with van der Waals surface area (Å²) in [7, 11) is 0. The fourth-order valence-electron chi connectivity index (χ4n) is 1.90. The molecule has 0 saturated carbocycles. The molecule has 76 valence electrons. The number of aliphatic hydroxyl groups is 1. The highest BCUT2D eigenvalue weighted by Gasteiger charge is 2.14. The van der Waals surface area contributed by atoms with Crippen molar-refractivity contribution in [2.45, 2.75) is 25.8 Å². The van der Waals surface area contributed by atoms with E-state index in [2.05, 4.69) is 38.8 Å². The zero-order valence-electron chi connectivity index (χ0n) is 8.04. The molecule has 0 amide bonds. The summed E-state index contributed by atoms with van der Waals surface area (Å²) in [4.78, 5) is 0. The Bertz CT molecular complexity index is 354. The van der Waals surface area contributed by atoms with E-state index >= 15 is 0 Å². The Balaban J connectivity index is 2.24. The topological polar surface area (TPSA) is 25.2 Å². The molecule has 1 N–H and O–H groups in total. The first-order valence-electron chi connectivity index (χ1n) is 4.98. The Kier molecular flexibility index (Phi) is 3.08. The summed E-state index contributed by atoms with van der Waals surface area (Å²) in [6.07, 6.45) is 7.39. The second kappa shape index (κ2) is 4.32. The normalized spacial score (nSPS) is 15.1. The molecule has 0 aromatic carbocycles. The molecule has 1 heterocycles. The Morgan fingerprint density at radius 2 is 2.36 bits per heavy atom. The second-order valence-corrected chi connectivity index (χ2v) is 4.39. The summed E-state index contributed by atoms with van der Waals surface area (Å²) in [6.45, 7) is 1.19. The summed E-state index contributed by atoms with van der Waals surface area (Å²) < 4.78 is 3.46. The van der Waals surface area contributed by atoms with E-state index in [1.165, 1.54) is 15.7 Å². The lowest BCUT2D eigenvalue weighted by Crippen LogP contribution is -2.06. The van der Waals surface area contributed by atoms with Crippen molar-refractivity contribution in [3.05, 3.63) is 29.6 Å². The van der Waals surface area contributed by atoms with Crippen molar-refractivity contribution in [1.29, 1.82) is 0 Å². The van der Waals surface area contributed by atoms with Crippen LogP contribution in [0.15, 0.2) is 18.3 Å². The molecule has 0 saturated heterocycles. The predicted octanol–water partition coefficient (Wildman–Crippen LogP) is 2.55. The van der Waals surface area contributed by atoms with E-state index in [0.717, 1.165) is 25.8 Å². The molecule has 1 aliphatic carbocycles. The van der Waals surface area contributed by atoms with Crippen molar-refractivity contribution >= 4 is 20.4 Å². The molecule has 1 aromatic rings. The SMILES string of the molecule is OCCCn1ccc2c1CCC=C2Br. The summed E-state index contributed by atoms with van der Waals surface area (Å²) >= 11 is 3.57. The third kappa shape index (κ3) is 1.79. The van der Waals surface area contributed by atoms with Crippen LogP contribution in [-0.4, -0.2) is 16.3 Å². The second-order valence-electron chi connectivity index (χ2n) is 3.54. The highest BCUT2D eigenvalue weighted by molar-refractivity contribution is 9.15. The number of nitrogens with zero attached hydrogens (tertiary/aromatic N) is 1. The van der Waals surface area contributed by atoms with Crippen molar-refractivity contribution < 1.29 is 5.11 Å². The van der Waals surface area contributed by atoms with Gasteiger partial charge in [0.1, 0.15) is 0 Å².